The topological polar surface area (TPSA) is 51.7 Å². The van der Waals surface area contributed by atoms with Gasteiger partial charge in [0.05, 0.1) is 18.8 Å². The molecule has 0 spiro atoms. The maximum atomic E-state index is 12.8. The van der Waals surface area contributed by atoms with Gasteiger partial charge in [-0.15, -0.1) is 0 Å². The van der Waals surface area contributed by atoms with Crippen LogP contribution in [0.1, 0.15) is 17.5 Å². The minimum absolute atomic E-state index is 0.329. The number of anilines is 1. The highest BCUT2D eigenvalue weighted by Gasteiger charge is 2.26. The maximum Gasteiger partial charge on any atom is 0.414 e. The van der Waals surface area contributed by atoms with Crippen molar-refractivity contribution in [2.45, 2.75) is 19.4 Å². The molecule has 0 unspecified atom stereocenters. The Morgan fingerprint density at radius 1 is 1.11 bits per heavy atom. The van der Waals surface area contributed by atoms with E-state index in [4.69, 9.17) is 21.1 Å². The molecule has 2 heterocycles. The zero-order valence-electron chi connectivity index (χ0n) is 15.2. The summed E-state index contributed by atoms with van der Waals surface area (Å²) in [7, 11) is 0. The standard InChI is InChI=1S/C22H19ClN2O3/c23-18-7-8-21-19(14-18)25(15-17-5-1-2-6-20(17)28-21)22(26)27-13-3-4-16-9-11-24-12-10-16/h1-2,5-12,14H,3-4,13,15H2. The lowest BCUT2D eigenvalue weighted by molar-refractivity contribution is 0.152. The van der Waals surface area contributed by atoms with E-state index in [9.17, 15) is 4.79 Å². The van der Waals surface area contributed by atoms with Crippen LogP contribution in [0.4, 0.5) is 10.5 Å². The highest BCUT2D eigenvalue weighted by atomic mass is 35.5. The average molecular weight is 395 g/mol. The molecule has 0 radical (unpaired) electrons. The van der Waals surface area contributed by atoms with E-state index < -0.39 is 6.09 Å². The second-order valence-electron chi connectivity index (χ2n) is 6.48. The van der Waals surface area contributed by atoms with Crippen LogP contribution >= 0.6 is 11.6 Å². The Kier molecular flexibility index (Phi) is 5.44. The number of aryl methyl sites for hydroxylation is 1. The molecule has 0 fully saturated rings. The third-order valence-corrected chi connectivity index (χ3v) is 4.77. The van der Waals surface area contributed by atoms with Gasteiger partial charge in [0.2, 0.25) is 0 Å². The largest absolute Gasteiger partial charge is 0.455 e. The zero-order chi connectivity index (χ0) is 19.3. The van der Waals surface area contributed by atoms with Crippen molar-refractivity contribution in [2.75, 3.05) is 11.5 Å². The molecule has 0 saturated carbocycles. The summed E-state index contributed by atoms with van der Waals surface area (Å²) in [6, 6.07) is 16.8. The highest BCUT2D eigenvalue weighted by Crippen LogP contribution is 2.40. The fourth-order valence-electron chi connectivity index (χ4n) is 3.12. The molecular weight excluding hydrogens is 376 g/mol. The number of halogens is 1. The van der Waals surface area contributed by atoms with Crippen molar-refractivity contribution in [3.05, 3.63) is 83.1 Å². The number of ether oxygens (including phenoxy) is 2. The number of benzene rings is 2. The van der Waals surface area contributed by atoms with Crippen LogP contribution in [0.2, 0.25) is 5.02 Å². The highest BCUT2D eigenvalue weighted by molar-refractivity contribution is 6.31. The number of hydrogen-bond acceptors (Lipinski definition) is 4. The van der Waals surface area contributed by atoms with Crippen molar-refractivity contribution in [1.29, 1.82) is 0 Å². The summed E-state index contributed by atoms with van der Waals surface area (Å²) in [6.07, 6.45) is 4.66. The summed E-state index contributed by atoms with van der Waals surface area (Å²) in [6.45, 7) is 0.683. The molecule has 1 aliphatic heterocycles. The minimum Gasteiger partial charge on any atom is -0.455 e. The van der Waals surface area contributed by atoms with E-state index in [2.05, 4.69) is 4.98 Å². The molecule has 142 valence electrons. The van der Waals surface area contributed by atoms with Gasteiger partial charge in [0, 0.05) is 23.0 Å². The molecule has 0 bridgehead atoms. The molecule has 3 aromatic rings. The first-order valence-corrected chi connectivity index (χ1v) is 9.47. The Labute approximate surface area is 168 Å². The monoisotopic (exact) mass is 394 g/mol. The molecule has 4 rings (SSSR count). The molecule has 0 atom stereocenters. The first-order valence-electron chi connectivity index (χ1n) is 9.09. The van der Waals surface area contributed by atoms with Crippen LogP contribution in [-0.2, 0) is 17.7 Å². The van der Waals surface area contributed by atoms with Gasteiger partial charge in [0.15, 0.2) is 5.75 Å². The number of nitrogens with zero attached hydrogens (tertiary/aromatic N) is 2. The minimum atomic E-state index is -0.418. The van der Waals surface area contributed by atoms with E-state index in [1.54, 1.807) is 35.5 Å². The Balaban J connectivity index is 1.49. The summed E-state index contributed by atoms with van der Waals surface area (Å²) in [5.41, 5.74) is 2.67. The quantitative estimate of drug-likeness (QED) is 0.539. The number of rotatable bonds is 4. The molecule has 0 aliphatic carbocycles. The van der Waals surface area contributed by atoms with Gasteiger partial charge in [-0.3, -0.25) is 9.88 Å². The van der Waals surface area contributed by atoms with E-state index in [0.29, 0.717) is 29.6 Å². The predicted octanol–water partition coefficient (Wildman–Crippen LogP) is 5.62. The van der Waals surface area contributed by atoms with Crippen molar-refractivity contribution in [2.24, 2.45) is 0 Å². The van der Waals surface area contributed by atoms with Crippen LogP contribution in [0.15, 0.2) is 67.0 Å². The van der Waals surface area contributed by atoms with Gasteiger partial charge in [-0.25, -0.2) is 4.79 Å². The fraction of sp³-hybridized carbons (Fsp3) is 0.182. The van der Waals surface area contributed by atoms with Crippen LogP contribution in [0.3, 0.4) is 0 Å². The molecule has 28 heavy (non-hydrogen) atoms. The van der Waals surface area contributed by atoms with E-state index >= 15 is 0 Å². The number of para-hydroxylation sites is 1. The normalized spacial score (nSPS) is 12.4. The lowest BCUT2D eigenvalue weighted by Crippen LogP contribution is -2.31. The number of amides is 1. The van der Waals surface area contributed by atoms with Crippen molar-refractivity contribution in [3.63, 3.8) is 0 Å². The van der Waals surface area contributed by atoms with E-state index in [0.717, 1.165) is 24.2 Å². The van der Waals surface area contributed by atoms with Crippen molar-refractivity contribution < 1.29 is 14.3 Å². The molecule has 6 heteroatoms. The Bertz CT molecular complexity index is 979. The molecule has 5 nitrogen and oxygen atoms in total. The first kappa shape index (κ1) is 18.3. The molecule has 2 aromatic carbocycles. The second-order valence-corrected chi connectivity index (χ2v) is 6.92. The first-order chi connectivity index (χ1) is 13.7. The zero-order valence-corrected chi connectivity index (χ0v) is 15.9. The number of pyridine rings is 1. The predicted molar refractivity (Wildman–Crippen MR) is 108 cm³/mol. The van der Waals surface area contributed by atoms with Gasteiger partial charge in [-0.2, -0.15) is 0 Å². The molecule has 0 N–H and O–H groups in total. The molecule has 0 saturated heterocycles. The van der Waals surface area contributed by atoms with Gasteiger partial charge in [0.25, 0.3) is 0 Å². The van der Waals surface area contributed by atoms with Crippen molar-refractivity contribution in [1.82, 2.24) is 4.98 Å². The van der Waals surface area contributed by atoms with Crippen molar-refractivity contribution in [3.8, 4) is 11.5 Å². The third kappa shape index (κ3) is 4.10. The summed E-state index contributed by atoms with van der Waals surface area (Å²) < 4.78 is 11.6. The van der Waals surface area contributed by atoms with E-state index in [1.165, 1.54) is 5.56 Å². The second kappa shape index (κ2) is 8.31. The fourth-order valence-corrected chi connectivity index (χ4v) is 3.29. The number of fused-ring (bicyclic) bond motifs is 2. The van der Waals surface area contributed by atoms with Crippen LogP contribution < -0.4 is 9.64 Å². The van der Waals surface area contributed by atoms with Crippen LogP contribution in [0.5, 0.6) is 11.5 Å². The number of hydrogen-bond donors (Lipinski definition) is 0. The van der Waals surface area contributed by atoms with E-state index in [1.807, 2.05) is 36.4 Å². The smallest absolute Gasteiger partial charge is 0.414 e. The number of carbonyl (C=O) groups is 1. The van der Waals surface area contributed by atoms with Gasteiger partial charge >= 0.3 is 6.09 Å². The third-order valence-electron chi connectivity index (χ3n) is 4.54. The summed E-state index contributed by atoms with van der Waals surface area (Å²) in [4.78, 5) is 18.4. The van der Waals surface area contributed by atoms with Gasteiger partial charge in [-0.05, 0) is 54.8 Å². The van der Waals surface area contributed by atoms with Gasteiger partial charge in [0.1, 0.15) is 5.75 Å². The molecule has 1 amide bonds. The average Bonchev–Trinajstić information content (AvgIpc) is 2.88. The SMILES string of the molecule is O=C(OCCCc1ccncc1)N1Cc2ccccc2Oc2ccc(Cl)cc21. The van der Waals surface area contributed by atoms with Gasteiger partial charge < -0.3 is 9.47 Å². The molecule has 1 aromatic heterocycles. The summed E-state index contributed by atoms with van der Waals surface area (Å²) in [5.74, 6) is 1.29. The van der Waals surface area contributed by atoms with Crippen LogP contribution in [-0.4, -0.2) is 17.7 Å². The Morgan fingerprint density at radius 2 is 1.93 bits per heavy atom. The molecular formula is C22H19ClN2O3. The van der Waals surface area contributed by atoms with Gasteiger partial charge in [-0.1, -0.05) is 29.8 Å². The summed E-state index contributed by atoms with van der Waals surface area (Å²) in [5, 5.41) is 0.531. The van der Waals surface area contributed by atoms with E-state index in [-0.39, 0.29) is 0 Å². The Hall–Kier alpha value is -3.05. The lowest BCUT2D eigenvalue weighted by atomic mass is 10.1. The van der Waals surface area contributed by atoms with Crippen LogP contribution in [0.25, 0.3) is 0 Å². The summed E-state index contributed by atoms with van der Waals surface area (Å²) >= 11 is 6.17. The number of aromatic nitrogens is 1. The maximum absolute atomic E-state index is 12.8. The van der Waals surface area contributed by atoms with Crippen molar-refractivity contribution >= 4 is 23.4 Å². The van der Waals surface area contributed by atoms with Crippen LogP contribution in [0, 0.1) is 0 Å². The Morgan fingerprint density at radius 3 is 2.79 bits per heavy atom. The lowest BCUT2D eigenvalue weighted by Gasteiger charge is -2.21. The molecule has 1 aliphatic rings. The number of carbonyl (C=O) groups excluding carboxylic acids is 1.